The molecule has 0 radical (unpaired) electrons. The minimum Gasteiger partial charge on any atom is -0.510 e. The molecule has 8 nitrogen and oxygen atoms in total. The summed E-state index contributed by atoms with van der Waals surface area (Å²) in [6.45, 7) is 0. The van der Waals surface area contributed by atoms with Gasteiger partial charge in [-0.25, -0.2) is 9.78 Å². The number of para-hydroxylation sites is 2. The number of carbonyl (C=O) groups excluding carboxylic acids is 1. The van der Waals surface area contributed by atoms with Crippen LogP contribution in [0.4, 0.5) is 0 Å². The quantitative estimate of drug-likeness (QED) is 0.139. The van der Waals surface area contributed by atoms with Crippen LogP contribution in [0, 0.1) is 0 Å². The topological polar surface area (TPSA) is 106 Å². The van der Waals surface area contributed by atoms with Gasteiger partial charge in [0.1, 0.15) is 23.0 Å². The highest BCUT2D eigenvalue weighted by molar-refractivity contribution is 7.99. The van der Waals surface area contributed by atoms with Gasteiger partial charge in [-0.05, 0) is 36.4 Å². The van der Waals surface area contributed by atoms with Crippen molar-refractivity contribution in [3.8, 4) is 0 Å². The van der Waals surface area contributed by atoms with Gasteiger partial charge < -0.3 is 19.4 Å². The number of aliphatic hydroxyl groups is 1. The van der Waals surface area contributed by atoms with Gasteiger partial charge in [0.25, 0.3) is 0 Å². The fourth-order valence-electron chi connectivity index (χ4n) is 4.53. The van der Waals surface area contributed by atoms with E-state index in [0.717, 1.165) is 35.8 Å². The van der Waals surface area contributed by atoms with Crippen molar-refractivity contribution in [1.29, 1.82) is 0 Å². The lowest BCUT2D eigenvalue weighted by atomic mass is 9.95. The van der Waals surface area contributed by atoms with Crippen molar-refractivity contribution in [2.75, 3.05) is 12.9 Å². The number of H-pyrrole nitrogens is 1. The number of fused-ring (bicyclic) bond motifs is 1. The van der Waals surface area contributed by atoms with Crippen LogP contribution >= 0.6 is 23.1 Å². The molecule has 0 unspecified atom stereocenters. The second-order valence-electron chi connectivity index (χ2n) is 8.52. The summed E-state index contributed by atoms with van der Waals surface area (Å²) >= 11 is 3.09. The van der Waals surface area contributed by atoms with Crippen LogP contribution in [-0.2, 0) is 16.0 Å². The van der Waals surface area contributed by atoms with Crippen LogP contribution in [0.2, 0.25) is 0 Å². The summed E-state index contributed by atoms with van der Waals surface area (Å²) < 4.78 is 7.21. The molecule has 0 spiro atoms. The van der Waals surface area contributed by atoms with Gasteiger partial charge in [-0.3, -0.25) is 0 Å². The van der Waals surface area contributed by atoms with E-state index in [-0.39, 0.29) is 22.9 Å². The van der Waals surface area contributed by atoms with Crippen LogP contribution < -0.4 is 0 Å². The number of imidazole rings is 1. The smallest absolute Gasteiger partial charge is 0.345 e. The molecule has 0 saturated heterocycles. The normalized spacial score (nSPS) is 15.3. The summed E-state index contributed by atoms with van der Waals surface area (Å²) in [6, 6.07) is 12.0. The van der Waals surface area contributed by atoms with Crippen molar-refractivity contribution in [1.82, 2.24) is 24.7 Å². The maximum Gasteiger partial charge on any atom is 0.345 e. The van der Waals surface area contributed by atoms with Crippen LogP contribution in [0.1, 0.15) is 54.7 Å². The number of methoxy groups -OCH3 is 1. The van der Waals surface area contributed by atoms with Crippen molar-refractivity contribution < 1.29 is 14.6 Å². The van der Waals surface area contributed by atoms with Gasteiger partial charge in [-0.15, -0.1) is 21.5 Å². The number of aromatic nitrogens is 5. The van der Waals surface area contributed by atoms with Gasteiger partial charge in [0.05, 0.1) is 23.9 Å². The number of carbonyl (C=O) groups is 1. The van der Waals surface area contributed by atoms with Gasteiger partial charge in [0, 0.05) is 17.3 Å². The fourth-order valence-corrected chi connectivity index (χ4v) is 6.13. The third kappa shape index (κ3) is 5.13. The first-order valence-corrected chi connectivity index (χ1v) is 13.5. The summed E-state index contributed by atoms with van der Waals surface area (Å²) in [5.41, 5.74) is 1.51. The average Bonchev–Trinajstić information content (AvgIpc) is 3.63. The van der Waals surface area contributed by atoms with Crippen molar-refractivity contribution in [3.05, 3.63) is 64.1 Å². The molecule has 1 aromatic carbocycles. The first kappa shape index (κ1) is 23.6. The van der Waals surface area contributed by atoms with Crippen LogP contribution in [0.25, 0.3) is 16.6 Å². The van der Waals surface area contributed by atoms with Crippen molar-refractivity contribution in [2.24, 2.45) is 0 Å². The Morgan fingerprint density at radius 2 is 2.03 bits per heavy atom. The number of aromatic amines is 1. The van der Waals surface area contributed by atoms with Gasteiger partial charge >= 0.3 is 5.97 Å². The van der Waals surface area contributed by atoms with Gasteiger partial charge in [0.15, 0.2) is 5.16 Å². The molecule has 0 aliphatic heterocycles. The Hall–Kier alpha value is -3.11. The molecule has 0 amide bonds. The second-order valence-corrected chi connectivity index (χ2v) is 10.5. The zero-order valence-corrected chi connectivity index (χ0v) is 21.1. The van der Waals surface area contributed by atoms with Crippen LogP contribution in [-0.4, -0.2) is 48.7 Å². The molecule has 4 aromatic rings. The second kappa shape index (κ2) is 10.7. The minimum absolute atomic E-state index is 0.0266. The number of esters is 1. The average molecular weight is 510 g/mol. The summed E-state index contributed by atoms with van der Waals surface area (Å²) in [5.74, 6) is 0.609. The van der Waals surface area contributed by atoms with E-state index in [0.29, 0.717) is 11.6 Å². The molecule has 3 heterocycles. The van der Waals surface area contributed by atoms with Crippen LogP contribution in [0.15, 0.2) is 52.7 Å². The van der Waals surface area contributed by atoms with E-state index in [1.165, 1.54) is 43.0 Å². The third-order valence-corrected chi connectivity index (χ3v) is 8.06. The first-order chi connectivity index (χ1) is 17.1. The largest absolute Gasteiger partial charge is 0.510 e. The molecule has 1 fully saturated rings. The lowest BCUT2D eigenvalue weighted by molar-refractivity contribution is -0.133. The van der Waals surface area contributed by atoms with E-state index in [1.54, 1.807) is 11.3 Å². The summed E-state index contributed by atoms with van der Waals surface area (Å²) in [7, 11) is 1.29. The molecule has 35 heavy (non-hydrogen) atoms. The predicted octanol–water partition coefficient (Wildman–Crippen LogP) is 5.55. The number of thioether (sulfide) groups is 1. The monoisotopic (exact) mass is 509 g/mol. The highest BCUT2D eigenvalue weighted by atomic mass is 32.2. The number of benzene rings is 1. The molecule has 0 bridgehead atoms. The molecule has 1 aliphatic rings. The number of ether oxygens (including phenoxy) is 1. The molecule has 3 aromatic heterocycles. The van der Waals surface area contributed by atoms with Crippen LogP contribution in [0.3, 0.4) is 0 Å². The van der Waals surface area contributed by atoms with E-state index >= 15 is 0 Å². The van der Waals surface area contributed by atoms with E-state index in [4.69, 9.17) is 4.74 Å². The Kier molecular flexibility index (Phi) is 7.19. The summed E-state index contributed by atoms with van der Waals surface area (Å²) in [5, 5.41) is 22.8. The SMILES string of the molecule is COC(=O)C(=C(O)CSc1nnc(Cc2cccs2)n1C1CCCCC1)c1nc2ccccc2[nH]1. The Morgan fingerprint density at radius 3 is 2.77 bits per heavy atom. The molecule has 2 N–H and O–H groups in total. The van der Waals surface area contributed by atoms with Crippen molar-refractivity contribution >= 4 is 45.7 Å². The summed E-state index contributed by atoms with van der Waals surface area (Å²) in [6.07, 6.45) is 6.56. The predicted molar refractivity (Wildman–Crippen MR) is 138 cm³/mol. The molecule has 1 saturated carbocycles. The molecule has 182 valence electrons. The molecule has 0 atom stereocenters. The maximum absolute atomic E-state index is 12.6. The molecule has 1 aliphatic carbocycles. The van der Waals surface area contributed by atoms with E-state index in [2.05, 4.69) is 36.2 Å². The number of rotatable bonds is 8. The Labute approximate surface area is 211 Å². The van der Waals surface area contributed by atoms with E-state index < -0.39 is 5.97 Å². The number of aliphatic hydroxyl groups excluding tert-OH is 1. The summed E-state index contributed by atoms with van der Waals surface area (Å²) in [4.78, 5) is 21.4. The standard InChI is InChI=1S/C25H27N5O3S2/c1-33-24(32)22(23-26-18-11-5-6-12-19(18)27-23)20(31)15-35-25-29-28-21(14-17-10-7-13-34-17)30(25)16-8-3-2-4-9-16/h5-7,10-13,16,31H,2-4,8-9,14-15H2,1H3,(H,26,27). The molecular formula is C25H27N5O3S2. The number of nitrogens with one attached hydrogen (secondary N) is 1. The number of nitrogens with zero attached hydrogens (tertiary/aromatic N) is 4. The van der Waals surface area contributed by atoms with E-state index in [1.807, 2.05) is 30.3 Å². The number of thiophene rings is 1. The molecule has 10 heteroatoms. The molecule has 5 rings (SSSR count). The van der Waals surface area contributed by atoms with E-state index in [9.17, 15) is 9.90 Å². The lowest BCUT2D eigenvalue weighted by Crippen LogP contribution is -2.17. The van der Waals surface area contributed by atoms with Gasteiger partial charge in [0.2, 0.25) is 0 Å². The van der Waals surface area contributed by atoms with Crippen LogP contribution in [0.5, 0.6) is 0 Å². The number of hydrogen-bond acceptors (Lipinski definition) is 8. The highest BCUT2D eigenvalue weighted by Crippen LogP contribution is 2.34. The molecular weight excluding hydrogens is 482 g/mol. The van der Waals surface area contributed by atoms with Gasteiger partial charge in [-0.1, -0.05) is 49.2 Å². The van der Waals surface area contributed by atoms with Crippen molar-refractivity contribution in [2.45, 2.75) is 49.7 Å². The zero-order valence-electron chi connectivity index (χ0n) is 19.4. The lowest BCUT2D eigenvalue weighted by Gasteiger charge is -2.25. The Bertz CT molecular complexity index is 1300. The number of hydrogen-bond donors (Lipinski definition) is 2. The van der Waals surface area contributed by atoms with Gasteiger partial charge in [-0.2, -0.15) is 0 Å². The zero-order chi connectivity index (χ0) is 24.2. The highest BCUT2D eigenvalue weighted by Gasteiger charge is 2.26. The van der Waals surface area contributed by atoms with Crippen molar-refractivity contribution in [3.63, 3.8) is 0 Å². The maximum atomic E-state index is 12.6. The Balaban J connectivity index is 1.44. The minimum atomic E-state index is -0.644. The fraction of sp³-hybridized carbons (Fsp3) is 0.360. The Morgan fingerprint density at radius 1 is 1.20 bits per heavy atom. The first-order valence-electron chi connectivity index (χ1n) is 11.7. The third-order valence-electron chi connectivity index (χ3n) is 6.23.